The highest BCUT2D eigenvalue weighted by Gasteiger charge is 2.31. The van der Waals surface area contributed by atoms with E-state index >= 15 is 0 Å². The Hall–Kier alpha value is -4.14. The summed E-state index contributed by atoms with van der Waals surface area (Å²) in [5.41, 5.74) is 7.35. The van der Waals surface area contributed by atoms with Crippen LogP contribution in [0.15, 0.2) is 72.8 Å². The third-order valence-corrected chi connectivity index (χ3v) is 4.46. The molecule has 156 valence electrons. The molecule has 0 atom stereocenters. The van der Waals surface area contributed by atoms with Gasteiger partial charge in [-0.1, -0.05) is 42.5 Å². The van der Waals surface area contributed by atoms with Gasteiger partial charge in [0, 0.05) is 33.7 Å². The molecule has 0 aliphatic carbocycles. The van der Waals surface area contributed by atoms with Gasteiger partial charge in [-0.3, -0.25) is 4.79 Å². The summed E-state index contributed by atoms with van der Waals surface area (Å²) in [7, 11) is 0. The number of fused-ring (bicyclic) bond motifs is 1. The number of nitrogens with two attached hydrogens (primary N) is 1. The van der Waals surface area contributed by atoms with Crippen LogP contribution in [0.3, 0.4) is 0 Å². The SMILES string of the molecule is NC(=O)c1ccc(-c2nnc(Nc3cccc(OC(F)(F)F)c3)c3ccccc23)cc1. The van der Waals surface area contributed by atoms with E-state index in [9.17, 15) is 18.0 Å². The molecule has 0 saturated carbocycles. The molecule has 3 aromatic carbocycles. The number of benzene rings is 3. The Bertz CT molecular complexity index is 1260. The summed E-state index contributed by atoms with van der Waals surface area (Å²) >= 11 is 0. The first-order valence-electron chi connectivity index (χ1n) is 9.09. The monoisotopic (exact) mass is 424 g/mol. The number of rotatable bonds is 5. The summed E-state index contributed by atoms with van der Waals surface area (Å²) in [6.45, 7) is 0. The van der Waals surface area contributed by atoms with Crippen molar-refractivity contribution in [3.05, 3.63) is 78.4 Å². The van der Waals surface area contributed by atoms with E-state index in [4.69, 9.17) is 5.73 Å². The second-order valence-corrected chi connectivity index (χ2v) is 6.59. The zero-order valence-corrected chi connectivity index (χ0v) is 15.9. The molecule has 1 heterocycles. The number of ether oxygens (including phenoxy) is 1. The Morgan fingerprint density at radius 1 is 0.903 bits per heavy atom. The molecular formula is C22H15F3N4O2. The molecule has 0 spiro atoms. The maximum absolute atomic E-state index is 12.5. The van der Waals surface area contributed by atoms with E-state index in [0.29, 0.717) is 28.1 Å². The number of hydrogen-bond acceptors (Lipinski definition) is 5. The Morgan fingerprint density at radius 3 is 2.29 bits per heavy atom. The van der Waals surface area contributed by atoms with Crippen LogP contribution in [0.2, 0.25) is 0 Å². The first kappa shape index (κ1) is 20.1. The maximum Gasteiger partial charge on any atom is 0.573 e. The fraction of sp³-hybridized carbons (Fsp3) is 0.0455. The highest BCUT2D eigenvalue weighted by Crippen LogP contribution is 2.32. The standard InChI is InChI=1S/C22H15F3N4O2/c23-22(24,25)31-16-5-3-4-15(12-16)27-21-18-7-2-1-6-17(18)19(28-29-21)13-8-10-14(11-9-13)20(26)30/h1-12H,(H2,26,30)(H,27,29). The van der Waals surface area contributed by atoms with Crippen LogP contribution in [-0.4, -0.2) is 22.5 Å². The van der Waals surface area contributed by atoms with E-state index in [1.807, 2.05) is 24.3 Å². The van der Waals surface area contributed by atoms with Crippen molar-refractivity contribution in [1.29, 1.82) is 0 Å². The van der Waals surface area contributed by atoms with Gasteiger partial charge in [-0.2, -0.15) is 0 Å². The van der Waals surface area contributed by atoms with Crippen molar-refractivity contribution >= 4 is 28.2 Å². The molecule has 0 saturated heterocycles. The molecule has 0 radical (unpaired) electrons. The first-order valence-corrected chi connectivity index (χ1v) is 9.09. The lowest BCUT2D eigenvalue weighted by Gasteiger charge is -2.13. The topological polar surface area (TPSA) is 90.1 Å². The minimum atomic E-state index is -4.78. The van der Waals surface area contributed by atoms with Crippen molar-refractivity contribution < 1.29 is 22.7 Å². The molecule has 0 aliphatic heterocycles. The quantitative estimate of drug-likeness (QED) is 0.469. The van der Waals surface area contributed by atoms with Crippen LogP contribution in [0, 0.1) is 0 Å². The molecule has 3 N–H and O–H groups in total. The Kier molecular flexibility index (Phi) is 5.16. The number of carbonyl (C=O) groups is 1. The van der Waals surface area contributed by atoms with E-state index in [1.165, 1.54) is 18.2 Å². The van der Waals surface area contributed by atoms with Crippen molar-refractivity contribution in [1.82, 2.24) is 10.2 Å². The molecule has 0 bridgehead atoms. The first-order chi connectivity index (χ1) is 14.8. The molecule has 1 aromatic heterocycles. The van der Waals surface area contributed by atoms with Gasteiger partial charge in [-0.25, -0.2) is 0 Å². The normalized spacial score (nSPS) is 11.3. The fourth-order valence-corrected chi connectivity index (χ4v) is 3.11. The summed E-state index contributed by atoms with van der Waals surface area (Å²) in [6.07, 6.45) is -4.78. The number of halogens is 3. The number of nitrogens with zero attached hydrogens (tertiary/aromatic N) is 2. The van der Waals surface area contributed by atoms with Crippen molar-refractivity contribution in [2.24, 2.45) is 5.73 Å². The van der Waals surface area contributed by atoms with Gasteiger partial charge in [0.15, 0.2) is 5.82 Å². The lowest BCUT2D eigenvalue weighted by Crippen LogP contribution is -2.17. The van der Waals surface area contributed by atoms with Crippen LogP contribution in [0.1, 0.15) is 10.4 Å². The number of carbonyl (C=O) groups excluding carboxylic acids is 1. The van der Waals surface area contributed by atoms with E-state index in [1.54, 1.807) is 30.3 Å². The third kappa shape index (κ3) is 4.55. The van der Waals surface area contributed by atoms with Crippen LogP contribution in [0.5, 0.6) is 5.75 Å². The number of primary amides is 1. The predicted octanol–water partition coefficient (Wildman–Crippen LogP) is 5.04. The van der Waals surface area contributed by atoms with Crippen molar-refractivity contribution in [3.8, 4) is 17.0 Å². The minimum absolute atomic E-state index is 0.346. The molecule has 4 aromatic rings. The second-order valence-electron chi connectivity index (χ2n) is 6.59. The van der Waals surface area contributed by atoms with Crippen LogP contribution >= 0.6 is 0 Å². The number of nitrogens with one attached hydrogen (secondary N) is 1. The van der Waals surface area contributed by atoms with Crippen LogP contribution in [-0.2, 0) is 0 Å². The number of hydrogen-bond donors (Lipinski definition) is 2. The van der Waals surface area contributed by atoms with Gasteiger partial charge in [0.1, 0.15) is 11.4 Å². The van der Waals surface area contributed by atoms with Crippen LogP contribution in [0.25, 0.3) is 22.0 Å². The highest BCUT2D eigenvalue weighted by molar-refractivity contribution is 6.01. The Balaban J connectivity index is 1.70. The molecule has 6 nitrogen and oxygen atoms in total. The summed E-state index contributed by atoms with van der Waals surface area (Å²) in [4.78, 5) is 11.3. The van der Waals surface area contributed by atoms with Crippen LogP contribution in [0.4, 0.5) is 24.7 Å². The molecule has 1 amide bonds. The molecule has 0 unspecified atom stereocenters. The number of aromatic nitrogens is 2. The molecular weight excluding hydrogens is 409 g/mol. The van der Waals surface area contributed by atoms with Crippen LogP contribution < -0.4 is 15.8 Å². The highest BCUT2D eigenvalue weighted by atomic mass is 19.4. The number of anilines is 2. The van der Waals surface area contributed by atoms with E-state index in [0.717, 1.165) is 10.9 Å². The van der Waals surface area contributed by atoms with Gasteiger partial charge in [-0.05, 0) is 24.3 Å². The lowest BCUT2D eigenvalue weighted by atomic mass is 10.0. The molecule has 9 heteroatoms. The van der Waals surface area contributed by atoms with Gasteiger partial charge in [0.05, 0.1) is 0 Å². The lowest BCUT2D eigenvalue weighted by molar-refractivity contribution is -0.274. The predicted molar refractivity (Wildman–Crippen MR) is 110 cm³/mol. The Labute approximate surface area is 174 Å². The van der Waals surface area contributed by atoms with Gasteiger partial charge in [-0.15, -0.1) is 23.4 Å². The molecule has 0 aliphatic rings. The maximum atomic E-state index is 12.5. The van der Waals surface area contributed by atoms with Gasteiger partial charge in [0.25, 0.3) is 0 Å². The zero-order valence-electron chi connectivity index (χ0n) is 15.9. The van der Waals surface area contributed by atoms with Crippen molar-refractivity contribution in [2.45, 2.75) is 6.36 Å². The smallest absolute Gasteiger partial charge is 0.406 e. The van der Waals surface area contributed by atoms with E-state index in [2.05, 4.69) is 20.3 Å². The van der Waals surface area contributed by atoms with Gasteiger partial charge >= 0.3 is 6.36 Å². The molecule has 0 fully saturated rings. The van der Waals surface area contributed by atoms with E-state index in [-0.39, 0.29) is 5.75 Å². The summed E-state index contributed by atoms with van der Waals surface area (Å²) in [5.74, 6) is -0.503. The zero-order chi connectivity index (χ0) is 22.0. The molecule has 4 rings (SSSR count). The van der Waals surface area contributed by atoms with Crippen molar-refractivity contribution in [2.75, 3.05) is 5.32 Å². The number of amides is 1. The van der Waals surface area contributed by atoms with Gasteiger partial charge < -0.3 is 15.8 Å². The minimum Gasteiger partial charge on any atom is -0.406 e. The number of alkyl halides is 3. The second kappa shape index (κ2) is 7.94. The Morgan fingerprint density at radius 2 is 1.61 bits per heavy atom. The largest absolute Gasteiger partial charge is 0.573 e. The van der Waals surface area contributed by atoms with Crippen molar-refractivity contribution in [3.63, 3.8) is 0 Å². The van der Waals surface area contributed by atoms with E-state index < -0.39 is 12.3 Å². The van der Waals surface area contributed by atoms with Gasteiger partial charge in [0.2, 0.25) is 5.91 Å². The summed E-state index contributed by atoms with van der Waals surface area (Å²) in [5, 5.41) is 13.0. The summed E-state index contributed by atoms with van der Waals surface area (Å²) in [6, 6.07) is 19.5. The average molecular weight is 424 g/mol. The fourth-order valence-electron chi connectivity index (χ4n) is 3.11. The summed E-state index contributed by atoms with van der Waals surface area (Å²) < 4.78 is 41.4. The third-order valence-electron chi connectivity index (χ3n) is 4.46. The average Bonchev–Trinajstić information content (AvgIpc) is 2.73. The molecule has 31 heavy (non-hydrogen) atoms.